The minimum absolute atomic E-state index is 0. The predicted octanol–water partition coefficient (Wildman–Crippen LogP) is 1.79. The molecule has 0 saturated carbocycles. The molecule has 0 aliphatic carbocycles. The van der Waals surface area contributed by atoms with Gasteiger partial charge < -0.3 is 5.73 Å². The van der Waals surface area contributed by atoms with Crippen LogP contribution < -0.4 is 5.73 Å². The molecule has 1 aliphatic heterocycles. The van der Waals surface area contributed by atoms with Gasteiger partial charge in [-0.1, -0.05) is 17.7 Å². The zero-order chi connectivity index (χ0) is 12.6. The first-order valence-corrected chi connectivity index (χ1v) is 7.25. The number of nitrogens with zero attached hydrogens (tertiary/aromatic N) is 1. The van der Waals surface area contributed by atoms with Crippen LogP contribution in [-0.2, 0) is 10.0 Å². The smallest absolute Gasteiger partial charge is 0.244 e. The summed E-state index contributed by atoms with van der Waals surface area (Å²) in [6, 6.07) is 4.92. The molecule has 0 bridgehead atoms. The molecule has 1 aromatic rings. The first kappa shape index (κ1) is 15.7. The van der Waals surface area contributed by atoms with Crippen LogP contribution in [0, 0.1) is 6.92 Å². The number of nitrogens with two attached hydrogens (primary N) is 1. The molecule has 7 heteroatoms. The molecule has 1 aliphatic rings. The maximum atomic E-state index is 12.3. The van der Waals surface area contributed by atoms with E-state index in [2.05, 4.69) is 0 Å². The van der Waals surface area contributed by atoms with E-state index >= 15 is 0 Å². The maximum Gasteiger partial charge on any atom is 0.244 e. The third kappa shape index (κ3) is 2.97. The lowest BCUT2D eigenvalue weighted by Crippen LogP contribution is -2.32. The minimum Gasteiger partial charge on any atom is -0.326 e. The SMILES string of the molecule is Cc1ccc(Cl)c(S(=O)(=O)N2CC[C@@H](N)C2)c1.Cl. The van der Waals surface area contributed by atoms with Gasteiger partial charge in [0.15, 0.2) is 0 Å². The maximum absolute atomic E-state index is 12.3. The Morgan fingerprint density at radius 2 is 2.11 bits per heavy atom. The average molecular weight is 311 g/mol. The number of halogens is 2. The van der Waals surface area contributed by atoms with Crippen LogP contribution in [0.2, 0.25) is 5.02 Å². The Kier molecular flexibility index (Phi) is 5.03. The molecule has 0 unspecified atom stereocenters. The molecule has 1 saturated heterocycles. The monoisotopic (exact) mass is 310 g/mol. The molecule has 2 rings (SSSR count). The molecular formula is C11H16Cl2N2O2S. The first-order valence-electron chi connectivity index (χ1n) is 5.43. The van der Waals surface area contributed by atoms with E-state index in [0.717, 1.165) is 5.56 Å². The molecule has 1 fully saturated rings. The predicted molar refractivity (Wildman–Crippen MR) is 74.8 cm³/mol. The van der Waals surface area contributed by atoms with E-state index in [9.17, 15) is 8.42 Å². The molecule has 0 amide bonds. The van der Waals surface area contributed by atoms with Gasteiger partial charge in [-0.3, -0.25) is 0 Å². The van der Waals surface area contributed by atoms with Gasteiger partial charge in [0.25, 0.3) is 0 Å². The van der Waals surface area contributed by atoms with Crippen molar-refractivity contribution in [2.45, 2.75) is 24.3 Å². The molecule has 1 atom stereocenters. The summed E-state index contributed by atoms with van der Waals surface area (Å²) in [6.45, 7) is 2.67. The Bertz CT molecular complexity index is 534. The summed E-state index contributed by atoms with van der Waals surface area (Å²) in [5.74, 6) is 0. The van der Waals surface area contributed by atoms with Crippen molar-refractivity contribution in [1.29, 1.82) is 0 Å². The van der Waals surface area contributed by atoms with Crippen LogP contribution in [0.5, 0.6) is 0 Å². The summed E-state index contributed by atoms with van der Waals surface area (Å²) in [5, 5.41) is 0.260. The third-order valence-corrected chi connectivity index (χ3v) is 5.24. The quantitative estimate of drug-likeness (QED) is 0.906. The molecular weight excluding hydrogens is 295 g/mol. The number of aryl methyl sites for hydroxylation is 1. The lowest BCUT2D eigenvalue weighted by Gasteiger charge is -2.17. The number of benzene rings is 1. The second-order valence-corrected chi connectivity index (χ2v) is 6.66. The zero-order valence-corrected chi connectivity index (χ0v) is 12.4. The fourth-order valence-corrected chi connectivity index (χ4v) is 3.99. The Balaban J connectivity index is 0.00000162. The Morgan fingerprint density at radius 1 is 1.44 bits per heavy atom. The van der Waals surface area contributed by atoms with Gasteiger partial charge in [0.1, 0.15) is 4.90 Å². The molecule has 0 aromatic heterocycles. The van der Waals surface area contributed by atoms with Gasteiger partial charge in [-0.2, -0.15) is 4.31 Å². The molecule has 0 spiro atoms. The molecule has 18 heavy (non-hydrogen) atoms. The molecule has 1 aromatic carbocycles. The summed E-state index contributed by atoms with van der Waals surface area (Å²) < 4.78 is 26.1. The van der Waals surface area contributed by atoms with Gasteiger partial charge in [-0.25, -0.2) is 8.42 Å². The van der Waals surface area contributed by atoms with Gasteiger partial charge in [-0.05, 0) is 31.0 Å². The van der Waals surface area contributed by atoms with Crippen LogP contribution in [0.3, 0.4) is 0 Å². The average Bonchev–Trinajstić information content (AvgIpc) is 2.69. The Hall–Kier alpha value is -0.330. The van der Waals surface area contributed by atoms with Crippen molar-refractivity contribution in [2.24, 2.45) is 5.73 Å². The fourth-order valence-electron chi connectivity index (χ4n) is 1.92. The van der Waals surface area contributed by atoms with Gasteiger partial charge in [0.05, 0.1) is 5.02 Å². The van der Waals surface area contributed by atoms with Crippen molar-refractivity contribution < 1.29 is 8.42 Å². The van der Waals surface area contributed by atoms with Crippen LogP contribution in [-0.4, -0.2) is 31.9 Å². The van der Waals surface area contributed by atoms with Gasteiger partial charge >= 0.3 is 0 Å². The standard InChI is InChI=1S/C11H15ClN2O2S.ClH/c1-8-2-3-10(12)11(6-8)17(15,16)14-5-4-9(13)7-14;/h2-3,6,9H,4-5,7,13H2,1H3;1H/t9-;/m1./s1. The van der Waals surface area contributed by atoms with Crippen LogP contribution >= 0.6 is 24.0 Å². The molecule has 4 nitrogen and oxygen atoms in total. The van der Waals surface area contributed by atoms with Crippen molar-refractivity contribution in [1.82, 2.24) is 4.31 Å². The Labute approximate surface area is 119 Å². The van der Waals surface area contributed by atoms with E-state index in [1.165, 1.54) is 4.31 Å². The summed E-state index contributed by atoms with van der Waals surface area (Å²) in [7, 11) is -3.50. The molecule has 1 heterocycles. The normalized spacial score (nSPS) is 20.7. The largest absolute Gasteiger partial charge is 0.326 e. The van der Waals surface area contributed by atoms with Crippen LogP contribution in [0.15, 0.2) is 23.1 Å². The van der Waals surface area contributed by atoms with Crippen molar-refractivity contribution in [2.75, 3.05) is 13.1 Å². The second-order valence-electron chi connectivity index (χ2n) is 4.35. The van der Waals surface area contributed by atoms with E-state index in [1.807, 2.05) is 6.92 Å². The van der Waals surface area contributed by atoms with E-state index in [0.29, 0.717) is 19.5 Å². The highest BCUT2D eigenvalue weighted by molar-refractivity contribution is 7.89. The van der Waals surface area contributed by atoms with Crippen LogP contribution in [0.25, 0.3) is 0 Å². The van der Waals surface area contributed by atoms with E-state index in [4.69, 9.17) is 17.3 Å². The van der Waals surface area contributed by atoms with Gasteiger partial charge in [0, 0.05) is 19.1 Å². The van der Waals surface area contributed by atoms with Gasteiger partial charge in [0.2, 0.25) is 10.0 Å². The number of rotatable bonds is 2. The highest BCUT2D eigenvalue weighted by Crippen LogP contribution is 2.27. The third-order valence-electron chi connectivity index (χ3n) is 2.89. The first-order chi connectivity index (χ1) is 7.91. The highest BCUT2D eigenvalue weighted by atomic mass is 35.5. The lowest BCUT2D eigenvalue weighted by atomic mass is 10.2. The van der Waals surface area contributed by atoms with Crippen LogP contribution in [0.1, 0.15) is 12.0 Å². The molecule has 2 N–H and O–H groups in total. The number of sulfonamides is 1. The summed E-state index contributed by atoms with van der Waals surface area (Å²) in [5.41, 5.74) is 6.60. The highest BCUT2D eigenvalue weighted by Gasteiger charge is 2.32. The fraction of sp³-hybridized carbons (Fsp3) is 0.455. The summed E-state index contributed by atoms with van der Waals surface area (Å²) in [6.07, 6.45) is 0.697. The number of hydrogen-bond donors (Lipinski definition) is 1. The summed E-state index contributed by atoms with van der Waals surface area (Å²) in [4.78, 5) is 0.174. The summed E-state index contributed by atoms with van der Waals surface area (Å²) >= 11 is 5.96. The van der Waals surface area contributed by atoms with E-state index < -0.39 is 10.0 Å². The van der Waals surface area contributed by atoms with Crippen molar-refractivity contribution >= 4 is 34.0 Å². The van der Waals surface area contributed by atoms with Crippen LogP contribution in [0.4, 0.5) is 0 Å². The lowest BCUT2D eigenvalue weighted by molar-refractivity contribution is 0.472. The Morgan fingerprint density at radius 3 is 2.67 bits per heavy atom. The van der Waals surface area contributed by atoms with Crippen molar-refractivity contribution in [3.05, 3.63) is 28.8 Å². The van der Waals surface area contributed by atoms with Gasteiger partial charge in [-0.15, -0.1) is 12.4 Å². The second kappa shape index (κ2) is 5.75. The number of hydrogen-bond acceptors (Lipinski definition) is 3. The van der Waals surface area contributed by atoms with E-state index in [1.54, 1.807) is 18.2 Å². The zero-order valence-electron chi connectivity index (χ0n) is 9.97. The van der Waals surface area contributed by atoms with Crippen molar-refractivity contribution in [3.63, 3.8) is 0 Å². The minimum atomic E-state index is -3.50. The topological polar surface area (TPSA) is 63.4 Å². The molecule has 102 valence electrons. The molecule has 0 radical (unpaired) electrons. The van der Waals surface area contributed by atoms with Crippen molar-refractivity contribution in [3.8, 4) is 0 Å². The van der Waals surface area contributed by atoms with E-state index in [-0.39, 0.29) is 28.4 Å².